The number of amides is 1. The Hall–Kier alpha value is -2.33. The van der Waals surface area contributed by atoms with Gasteiger partial charge in [0.15, 0.2) is 0 Å². The summed E-state index contributed by atoms with van der Waals surface area (Å²) < 4.78 is 5.57. The van der Waals surface area contributed by atoms with Crippen molar-refractivity contribution in [3.05, 3.63) is 65.2 Å². The molecule has 2 N–H and O–H groups in total. The minimum absolute atomic E-state index is 0.0252. The van der Waals surface area contributed by atoms with E-state index >= 15 is 0 Å². The summed E-state index contributed by atoms with van der Waals surface area (Å²) in [6, 6.07) is 17.6. The molecule has 164 valence electrons. The van der Waals surface area contributed by atoms with Gasteiger partial charge >= 0.3 is 0 Å². The van der Waals surface area contributed by atoms with E-state index in [1.165, 1.54) is 36.1 Å². The van der Waals surface area contributed by atoms with Crippen molar-refractivity contribution in [2.75, 3.05) is 18.5 Å². The van der Waals surface area contributed by atoms with Gasteiger partial charge in [0.2, 0.25) is 0 Å². The number of fused-ring (bicyclic) bond motifs is 7. The number of hydrogen-bond donors (Lipinski definition) is 2. The van der Waals surface area contributed by atoms with E-state index in [1.54, 1.807) is 0 Å². The predicted octanol–water partition coefficient (Wildman–Crippen LogP) is 5.53. The predicted molar refractivity (Wildman–Crippen MR) is 124 cm³/mol. The molecule has 1 heterocycles. The van der Waals surface area contributed by atoms with Crippen molar-refractivity contribution in [1.29, 1.82) is 0 Å². The summed E-state index contributed by atoms with van der Waals surface area (Å²) in [4.78, 5) is 12.8. The van der Waals surface area contributed by atoms with Crippen LogP contribution in [0.25, 0.3) is 0 Å². The molecule has 0 radical (unpaired) electrons. The second kappa shape index (κ2) is 8.66. The fraction of sp³-hybridized carbons (Fsp3) is 0.519. The highest BCUT2D eigenvalue weighted by atomic mass is 16.5. The van der Waals surface area contributed by atoms with E-state index in [0.717, 1.165) is 23.8 Å². The van der Waals surface area contributed by atoms with Crippen LogP contribution in [0.4, 0.5) is 5.69 Å². The highest BCUT2D eigenvalue weighted by Gasteiger charge is 2.53. The minimum atomic E-state index is 0.0252. The number of carbonyl (C=O) groups is 1. The van der Waals surface area contributed by atoms with Crippen LogP contribution >= 0.6 is 0 Å². The van der Waals surface area contributed by atoms with E-state index in [4.69, 9.17) is 4.74 Å². The molecule has 1 amide bonds. The Morgan fingerprint density at radius 3 is 2.74 bits per heavy atom. The van der Waals surface area contributed by atoms with E-state index in [9.17, 15) is 4.79 Å². The van der Waals surface area contributed by atoms with Gasteiger partial charge in [-0.2, -0.15) is 0 Å². The van der Waals surface area contributed by atoms with Crippen LogP contribution in [-0.2, 0) is 4.74 Å². The van der Waals surface area contributed by atoms with Gasteiger partial charge < -0.3 is 15.4 Å². The molecule has 2 bridgehead atoms. The van der Waals surface area contributed by atoms with Gasteiger partial charge in [0.1, 0.15) is 0 Å². The molecule has 31 heavy (non-hydrogen) atoms. The zero-order valence-corrected chi connectivity index (χ0v) is 18.6. The van der Waals surface area contributed by atoms with Crippen LogP contribution in [0.5, 0.6) is 0 Å². The third kappa shape index (κ3) is 3.98. The number of hydrogen-bond acceptors (Lipinski definition) is 3. The van der Waals surface area contributed by atoms with Crippen LogP contribution in [-0.4, -0.2) is 25.2 Å². The smallest absolute Gasteiger partial charge is 0.251 e. The zero-order valence-electron chi connectivity index (χ0n) is 18.6. The molecule has 3 aliphatic rings. The molecule has 4 heteroatoms. The lowest BCUT2D eigenvalue weighted by Crippen LogP contribution is -2.35. The number of rotatable bonds is 7. The van der Waals surface area contributed by atoms with E-state index in [-0.39, 0.29) is 12.0 Å². The number of anilines is 1. The first-order chi connectivity index (χ1) is 15.1. The van der Waals surface area contributed by atoms with E-state index in [2.05, 4.69) is 53.1 Å². The monoisotopic (exact) mass is 418 g/mol. The molecule has 5 rings (SSSR count). The maximum absolute atomic E-state index is 12.8. The normalized spacial score (nSPS) is 28.2. The van der Waals surface area contributed by atoms with Gasteiger partial charge in [0, 0.05) is 24.4 Å². The molecule has 1 aliphatic heterocycles. The molecule has 2 aromatic rings. The minimum Gasteiger partial charge on any atom is -0.379 e. The van der Waals surface area contributed by atoms with Gasteiger partial charge in [-0.05, 0) is 92.5 Å². The molecule has 0 unspecified atom stereocenters. The van der Waals surface area contributed by atoms with Crippen molar-refractivity contribution in [2.24, 2.45) is 17.8 Å². The maximum atomic E-state index is 12.8. The van der Waals surface area contributed by atoms with Crippen molar-refractivity contribution in [3.63, 3.8) is 0 Å². The molecule has 4 nitrogen and oxygen atoms in total. The Labute approximate surface area is 185 Å². The number of benzene rings is 2. The highest BCUT2D eigenvalue weighted by molar-refractivity contribution is 5.95. The molecule has 2 fully saturated rings. The molecule has 2 aromatic carbocycles. The average Bonchev–Trinajstić information content (AvgIpc) is 3.41. The first-order valence-corrected chi connectivity index (χ1v) is 12.0. The molecule has 0 aromatic heterocycles. The Bertz CT molecular complexity index is 926. The maximum Gasteiger partial charge on any atom is 0.251 e. The van der Waals surface area contributed by atoms with Gasteiger partial charge in [0.05, 0.1) is 12.1 Å². The van der Waals surface area contributed by atoms with Crippen molar-refractivity contribution in [1.82, 2.24) is 5.32 Å². The second-order valence-corrected chi connectivity index (χ2v) is 9.80. The number of nitrogens with one attached hydrogen (secondary N) is 2. The van der Waals surface area contributed by atoms with Crippen LogP contribution in [0, 0.1) is 17.8 Å². The SMILES string of the molecule is CC(C)OCCCNC(=O)c1ccc2c(c1)[C@@H]1[C@@H]3CC[C@@H](C3)[C@@H]1[C@@H](c1ccccc1)N2. The fourth-order valence-corrected chi connectivity index (χ4v) is 6.31. The standard InChI is InChI=1S/C27H34N2O2/c1-17(2)31-14-6-13-28-27(30)21-11-12-23-22(16-21)24-19-9-10-20(15-19)25(24)26(29-23)18-7-4-3-5-8-18/h3-5,7-8,11-12,16-17,19-20,24-26,29H,6,9-10,13-15H2,1-2H3,(H,28,30)/t19-,20+,24+,25+,26-/m1/s1. The molecular formula is C27H34N2O2. The van der Waals surface area contributed by atoms with Crippen molar-refractivity contribution in [2.45, 2.75) is 57.6 Å². The first-order valence-electron chi connectivity index (χ1n) is 12.0. The van der Waals surface area contributed by atoms with Crippen LogP contribution in [0.3, 0.4) is 0 Å². The second-order valence-electron chi connectivity index (χ2n) is 9.80. The Balaban J connectivity index is 1.35. The highest BCUT2D eigenvalue weighted by Crippen LogP contribution is 2.63. The van der Waals surface area contributed by atoms with Crippen LogP contribution in [0.15, 0.2) is 48.5 Å². The summed E-state index contributed by atoms with van der Waals surface area (Å²) in [6.07, 6.45) is 5.10. The van der Waals surface area contributed by atoms with Gasteiger partial charge in [-0.3, -0.25) is 4.79 Å². The average molecular weight is 419 g/mol. The third-order valence-electron chi connectivity index (χ3n) is 7.57. The van der Waals surface area contributed by atoms with Crippen LogP contribution < -0.4 is 10.6 Å². The number of carbonyl (C=O) groups excluding carboxylic acids is 1. The summed E-state index contributed by atoms with van der Waals surface area (Å²) in [6.45, 7) is 5.39. The topological polar surface area (TPSA) is 50.4 Å². The van der Waals surface area contributed by atoms with E-state index in [1.807, 2.05) is 19.9 Å². The van der Waals surface area contributed by atoms with Gasteiger partial charge in [0.25, 0.3) is 5.91 Å². The van der Waals surface area contributed by atoms with Gasteiger partial charge in [-0.15, -0.1) is 0 Å². The summed E-state index contributed by atoms with van der Waals surface area (Å²) in [7, 11) is 0. The largest absolute Gasteiger partial charge is 0.379 e. The van der Waals surface area contributed by atoms with Crippen molar-refractivity contribution in [3.8, 4) is 0 Å². The summed E-state index contributed by atoms with van der Waals surface area (Å²) >= 11 is 0. The quantitative estimate of drug-likeness (QED) is 0.582. The Morgan fingerprint density at radius 2 is 1.94 bits per heavy atom. The lowest BCUT2D eigenvalue weighted by Gasteiger charge is -2.43. The van der Waals surface area contributed by atoms with Crippen LogP contribution in [0.2, 0.25) is 0 Å². The van der Waals surface area contributed by atoms with E-state index in [0.29, 0.717) is 31.0 Å². The Morgan fingerprint density at radius 1 is 1.13 bits per heavy atom. The zero-order chi connectivity index (χ0) is 21.4. The molecule has 0 saturated heterocycles. The lowest BCUT2D eigenvalue weighted by molar-refractivity contribution is 0.0757. The lowest BCUT2D eigenvalue weighted by atomic mass is 9.68. The number of ether oxygens (including phenoxy) is 1. The fourth-order valence-electron chi connectivity index (χ4n) is 6.31. The Kier molecular flexibility index (Phi) is 5.75. The van der Waals surface area contributed by atoms with Gasteiger partial charge in [-0.1, -0.05) is 30.3 Å². The molecule has 2 aliphatic carbocycles. The van der Waals surface area contributed by atoms with Gasteiger partial charge in [-0.25, -0.2) is 0 Å². The summed E-state index contributed by atoms with van der Waals surface area (Å²) in [5, 5.41) is 6.93. The third-order valence-corrected chi connectivity index (χ3v) is 7.57. The van der Waals surface area contributed by atoms with Crippen molar-refractivity contribution < 1.29 is 9.53 Å². The molecule has 0 spiro atoms. The summed E-state index contributed by atoms with van der Waals surface area (Å²) in [5.74, 6) is 2.76. The van der Waals surface area contributed by atoms with E-state index < -0.39 is 0 Å². The molecule has 2 saturated carbocycles. The van der Waals surface area contributed by atoms with Crippen LogP contribution in [0.1, 0.15) is 73.0 Å². The van der Waals surface area contributed by atoms with Crippen molar-refractivity contribution >= 4 is 11.6 Å². The summed E-state index contributed by atoms with van der Waals surface area (Å²) in [5.41, 5.74) is 4.75. The molecular weight excluding hydrogens is 384 g/mol. The molecule has 5 atom stereocenters. The first kappa shape index (κ1) is 20.6.